The number of aliphatic hydroxyl groups is 1. The number of hydrogen-bond acceptors (Lipinski definition) is 3. The van der Waals surface area contributed by atoms with Crippen LogP contribution in [-0.4, -0.2) is 40.3 Å². The zero-order chi connectivity index (χ0) is 16.3. The predicted octanol–water partition coefficient (Wildman–Crippen LogP) is 3.09. The highest BCUT2D eigenvalue weighted by Crippen LogP contribution is 2.37. The van der Waals surface area contributed by atoms with Crippen LogP contribution in [0.5, 0.6) is 0 Å². The largest absolute Gasteiger partial charge is 0.481 e. The molecule has 1 aromatic carbocycles. The molecule has 0 aromatic heterocycles. The lowest BCUT2D eigenvalue weighted by Crippen LogP contribution is -2.54. The molecule has 1 aliphatic heterocycles. The topological polar surface area (TPSA) is 60.8 Å². The number of aliphatic carboxylic acids is 1. The fourth-order valence-corrected chi connectivity index (χ4v) is 3.47. The van der Waals surface area contributed by atoms with Crippen molar-refractivity contribution in [1.29, 1.82) is 0 Å². The van der Waals surface area contributed by atoms with Gasteiger partial charge in [-0.25, -0.2) is 0 Å². The zero-order valence-electron chi connectivity index (χ0n) is 13.2. The Morgan fingerprint density at radius 2 is 2.23 bits per heavy atom. The third-order valence-electron chi connectivity index (χ3n) is 4.71. The third kappa shape index (κ3) is 3.45. The molecule has 1 saturated heterocycles. The third-order valence-corrected chi connectivity index (χ3v) is 5.11. The van der Waals surface area contributed by atoms with Crippen molar-refractivity contribution >= 4 is 17.6 Å². The van der Waals surface area contributed by atoms with Crippen molar-refractivity contribution in [3.05, 3.63) is 34.3 Å². The fraction of sp³-hybridized carbons (Fsp3) is 0.588. The van der Waals surface area contributed by atoms with E-state index in [0.717, 1.165) is 22.6 Å². The van der Waals surface area contributed by atoms with Crippen LogP contribution in [0.4, 0.5) is 0 Å². The van der Waals surface area contributed by atoms with E-state index in [1.54, 1.807) is 0 Å². The van der Waals surface area contributed by atoms with Gasteiger partial charge in [0.05, 0.1) is 11.5 Å². The molecule has 1 heterocycles. The Hall–Kier alpha value is -1.10. The first kappa shape index (κ1) is 17.3. The normalized spacial score (nSPS) is 26.1. The standard InChI is InChI=1S/C17H24ClNO3/c1-3-6-17(16(21)22)7-8-19(11-15(17)20)10-13-5-4-12(2)14(18)9-13/h4-5,9,15,20H,3,6-8,10-11H2,1-2H3,(H,21,22)/t15-,17-/m0/s1. The van der Waals surface area contributed by atoms with Crippen molar-refractivity contribution in [2.75, 3.05) is 13.1 Å². The highest BCUT2D eigenvalue weighted by atomic mass is 35.5. The Bertz CT molecular complexity index is 549. The SMILES string of the molecule is CCC[C@]1(C(=O)O)CCN(Cc2ccc(C)c(Cl)c2)C[C@@H]1O. The summed E-state index contributed by atoms with van der Waals surface area (Å²) in [6.07, 6.45) is 0.932. The summed E-state index contributed by atoms with van der Waals surface area (Å²) in [5.74, 6) is -0.875. The molecule has 0 aliphatic carbocycles. The summed E-state index contributed by atoms with van der Waals surface area (Å²) in [6.45, 7) is 5.66. The van der Waals surface area contributed by atoms with Crippen LogP contribution in [0.1, 0.15) is 37.3 Å². The highest BCUT2D eigenvalue weighted by Gasteiger charge is 2.47. The molecular formula is C17H24ClNO3. The molecule has 1 aromatic rings. The van der Waals surface area contributed by atoms with Crippen LogP contribution in [0, 0.1) is 12.3 Å². The van der Waals surface area contributed by atoms with E-state index in [0.29, 0.717) is 32.5 Å². The van der Waals surface area contributed by atoms with E-state index >= 15 is 0 Å². The van der Waals surface area contributed by atoms with Crippen LogP contribution >= 0.6 is 11.6 Å². The number of piperidine rings is 1. The van der Waals surface area contributed by atoms with Crippen LogP contribution in [0.25, 0.3) is 0 Å². The first-order valence-corrected chi connectivity index (χ1v) is 8.15. The van der Waals surface area contributed by atoms with E-state index in [-0.39, 0.29) is 0 Å². The van der Waals surface area contributed by atoms with Crippen molar-refractivity contribution in [1.82, 2.24) is 4.90 Å². The minimum Gasteiger partial charge on any atom is -0.481 e. The van der Waals surface area contributed by atoms with Crippen molar-refractivity contribution in [2.24, 2.45) is 5.41 Å². The maximum Gasteiger partial charge on any atom is 0.312 e. The van der Waals surface area contributed by atoms with E-state index < -0.39 is 17.5 Å². The summed E-state index contributed by atoms with van der Waals surface area (Å²) in [6, 6.07) is 5.95. The smallest absolute Gasteiger partial charge is 0.312 e. The number of hydrogen-bond donors (Lipinski definition) is 2. The molecule has 122 valence electrons. The van der Waals surface area contributed by atoms with E-state index in [4.69, 9.17) is 11.6 Å². The Morgan fingerprint density at radius 1 is 1.50 bits per heavy atom. The van der Waals surface area contributed by atoms with Crippen molar-refractivity contribution in [3.8, 4) is 0 Å². The summed E-state index contributed by atoms with van der Waals surface area (Å²) in [7, 11) is 0. The number of carboxylic acid groups (broad SMARTS) is 1. The summed E-state index contributed by atoms with van der Waals surface area (Å²) in [4.78, 5) is 13.7. The number of halogens is 1. The first-order valence-electron chi connectivity index (χ1n) is 7.78. The second-order valence-electron chi connectivity index (χ2n) is 6.30. The summed E-state index contributed by atoms with van der Waals surface area (Å²) >= 11 is 6.14. The number of nitrogens with zero attached hydrogens (tertiary/aromatic N) is 1. The quantitative estimate of drug-likeness (QED) is 0.873. The number of aryl methyl sites for hydroxylation is 1. The Balaban J connectivity index is 2.06. The lowest BCUT2D eigenvalue weighted by atomic mass is 9.73. The van der Waals surface area contributed by atoms with Gasteiger partial charge in [-0.3, -0.25) is 9.69 Å². The lowest BCUT2D eigenvalue weighted by Gasteiger charge is -2.42. The number of rotatable bonds is 5. The molecule has 0 unspecified atom stereocenters. The van der Waals surface area contributed by atoms with Gasteiger partial charge in [-0.05, 0) is 43.5 Å². The van der Waals surface area contributed by atoms with E-state index in [1.807, 2.05) is 32.0 Å². The van der Waals surface area contributed by atoms with Gasteiger partial charge in [0, 0.05) is 18.1 Å². The van der Waals surface area contributed by atoms with Gasteiger partial charge in [-0.15, -0.1) is 0 Å². The van der Waals surface area contributed by atoms with Crippen LogP contribution in [0.2, 0.25) is 5.02 Å². The summed E-state index contributed by atoms with van der Waals surface area (Å²) in [5, 5.41) is 20.7. The minimum absolute atomic E-state index is 0.387. The number of carbonyl (C=O) groups is 1. The average Bonchev–Trinajstić information content (AvgIpc) is 2.46. The molecule has 22 heavy (non-hydrogen) atoms. The predicted molar refractivity (Wildman–Crippen MR) is 87.1 cm³/mol. The molecule has 0 bridgehead atoms. The number of aliphatic hydroxyl groups excluding tert-OH is 1. The number of β-amino-alcohol motifs (C(OH)–C–C–N with tert-alkyl or cyclic N) is 1. The van der Waals surface area contributed by atoms with E-state index in [2.05, 4.69) is 4.90 Å². The monoisotopic (exact) mass is 325 g/mol. The summed E-state index contributed by atoms with van der Waals surface area (Å²) in [5.41, 5.74) is 1.13. The molecule has 1 aliphatic rings. The highest BCUT2D eigenvalue weighted by molar-refractivity contribution is 6.31. The first-order chi connectivity index (χ1) is 10.4. The van der Waals surface area contributed by atoms with Gasteiger partial charge in [0.2, 0.25) is 0 Å². The maximum absolute atomic E-state index is 11.6. The molecule has 0 saturated carbocycles. The molecule has 0 spiro atoms. The molecule has 2 rings (SSSR count). The maximum atomic E-state index is 11.6. The van der Waals surface area contributed by atoms with Crippen LogP contribution in [-0.2, 0) is 11.3 Å². The Kier molecular flexibility index (Phi) is 5.48. The van der Waals surface area contributed by atoms with Crippen molar-refractivity contribution < 1.29 is 15.0 Å². The average molecular weight is 326 g/mol. The molecule has 0 amide bonds. The van der Waals surface area contributed by atoms with E-state index in [9.17, 15) is 15.0 Å². The molecule has 2 N–H and O–H groups in total. The van der Waals surface area contributed by atoms with Gasteiger partial charge in [-0.2, -0.15) is 0 Å². The van der Waals surface area contributed by atoms with Crippen LogP contribution in [0.3, 0.4) is 0 Å². The zero-order valence-corrected chi connectivity index (χ0v) is 13.9. The number of likely N-dealkylation sites (tertiary alicyclic amines) is 1. The lowest BCUT2D eigenvalue weighted by molar-refractivity contribution is -0.164. The van der Waals surface area contributed by atoms with Gasteiger partial charge in [0.15, 0.2) is 0 Å². The van der Waals surface area contributed by atoms with Crippen LogP contribution in [0.15, 0.2) is 18.2 Å². The van der Waals surface area contributed by atoms with Gasteiger partial charge >= 0.3 is 5.97 Å². The van der Waals surface area contributed by atoms with Crippen molar-refractivity contribution in [3.63, 3.8) is 0 Å². The van der Waals surface area contributed by atoms with E-state index in [1.165, 1.54) is 0 Å². The van der Waals surface area contributed by atoms with Crippen LogP contribution < -0.4 is 0 Å². The molecular weight excluding hydrogens is 302 g/mol. The second-order valence-corrected chi connectivity index (χ2v) is 6.70. The summed E-state index contributed by atoms with van der Waals surface area (Å²) < 4.78 is 0. The minimum atomic E-state index is -0.990. The van der Waals surface area contributed by atoms with Crippen molar-refractivity contribution in [2.45, 2.75) is 45.8 Å². The Morgan fingerprint density at radius 3 is 2.77 bits per heavy atom. The van der Waals surface area contributed by atoms with Gasteiger partial charge in [0.1, 0.15) is 0 Å². The number of carboxylic acids is 1. The molecule has 4 nitrogen and oxygen atoms in total. The van der Waals surface area contributed by atoms with Gasteiger partial charge < -0.3 is 10.2 Å². The van der Waals surface area contributed by atoms with Gasteiger partial charge in [0.25, 0.3) is 0 Å². The fourth-order valence-electron chi connectivity index (χ4n) is 3.27. The molecule has 2 atom stereocenters. The second kappa shape index (κ2) is 6.99. The molecule has 0 radical (unpaired) electrons. The Labute approximate surface area is 136 Å². The molecule has 5 heteroatoms. The van der Waals surface area contributed by atoms with Gasteiger partial charge in [-0.1, -0.05) is 37.1 Å². The number of benzene rings is 1. The molecule has 1 fully saturated rings.